The maximum atomic E-state index is 12.6. The molecule has 1 aliphatic rings. The van der Waals surface area contributed by atoms with E-state index in [9.17, 15) is 9.59 Å². The standard InChI is InChI=1S/C18H21NO6S2/c1-22-12-8-11(9-13(23-2)16(12)25-4)10-14-17(21)19(18(26)27-14)7-5-6-15(20)24-3/h8-10H,5-7H2,1-4H3/b14-10-. The highest BCUT2D eigenvalue weighted by atomic mass is 32.2. The summed E-state index contributed by atoms with van der Waals surface area (Å²) in [6.45, 7) is 0.367. The molecule has 0 bridgehead atoms. The summed E-state index contributed by atoms with van der Waals surface area (Å²) in [5.74, 6) is 0.970. The van der Waals surface area contributed by atoms with Gasteiger partial charge >= 0.3 is 5.97 Å². The third kappa shape index (κ3) is 4.92. The van der Waals surface area contributed by atoms with E-state index in [0.717, 1.165) is 5.56 Å². The number of thioether (sulfide) groups is 1. The van der Waals surface area contributed by atoms with Crippen LogP contribution in [0.15, 0.2) is 17.0 Å². The van der Waals surface area contributed by atoms with Gasteiger partial charge in [0.1, 0.15) is 4.32 Å². The van der Waals surface area contributed by atoms with E-state index in [4.69, 9.17) is 26.4 Å². The highest BCUT2D eigenvalue weighted by Crippen LogP contribution is 2.40. The van der Waals surface area contributed by atoms with Crippen molar-refractivity contribution in [2.24, 2.45) is 0 Å². The normalized spacial score (nSPS) is 15.3. The van der Waals surface area contributed by atoms with Gasteiger partial charge in [0.15, 0.2) is 11.5 Å². The molecular formula is C18H21NO6S2. The van der Waals surface area contributed by atoms with Gasteiger partial charge < -0.3 is 18.9 Å². The maximum Gasteiger partial charge on any atom is 0.305 e. The van der Waals surface area contributed by atoms with E-state index in [1.165, 1.54) is 45.1 Å². The van der Waals surface area contributed by atoms with Crippen LogP contribution in [0.2, 0.25) is 0 Å². The zero-order valence-corrected chi connectivity index (χ0v) is 17.2. The third-order valence-corrected chi connectivity index (χ3v) is 5.23. The molecule has 1 heterocycles. The van der Waals surface area contributed by atoms with Crippen molar-refractivity contribution in [2.75, 3.05) is 35.0 Å². The van der Waals surface area contributed by atoms with Crippen molar-refractivity contribution in [2.45, 2.75) is 12.8 Å². The van der Waals surface area contributed by atoms with E-state index < -0.39 is 0 Å². The van der Waals surface area contributed by atoms with E-state index in [-0.39, 0.29) is 18.3 Å². The van der Waals surface area contributed by atoms with Crippen LogP contribution in [-0.2, 0) is 14.3 Å². The fourth-order valence-electron chi connectivity index (χ4n) is 2.51. The molecule has 1 aromatic rings. The van der Waals surface area contributed by atoms with Crippen molar-refractivity contribution in [3.8, 4) is 17.2 Å². The number of hydrogen-bond donors (Lipinski definition) is 0. The molecule has 0 atom stereocenters. The summed E-state index contributed by atoms with van der Waals surface area (Å²) in [5.41, 5.74) is 0.722. The molecular weight excluding hydrogens is 390 g/mol. The number of nitrogens with zero attached hydrogens (tertiary/aromatic N) is 1. The van der Waals surface area contributed by atoms with Crippen LogP contribution in [0, 0.1) is 0 Å². The molecule has 0 spiro atoms. The number of ether oxygens (including phenoxy) is 4. The van der Waals surface area contributed by atoms with Crippen LogP contribution in [0.3, 0.4) is 0 Å². The van der Waals surface area contributed by atoms with Gasteiger partial charge in [-0.3, -0.25) is 14.5 Å². The smallest absolute Gasteiger partial charge is 0.305 e. The number of methoxy groups -OCH3 is 4. The number of hydrogen-bond acceptors (Lipinski definition) is 8. The number of amides is 1. The van der Waals surface area contributed by atoms with Crippen molar-refractivity contribution in [3.63, 3.8) is 0 Å². The molecule has 27 heavy (non-hydrogen) atoms. The van der Waals surface area contributed by atoms with Crippen LogP contribution in [0.25, 0.3) is 6.08 Å². The lowest BCUT2D eigenvalue weighted by molar-refractivity contribution is -0.141. The van der Waals surface area contributed by atoms with Crippen molar-refractivity contribution in [1.82, 2.24) is 4.90 Å². The number of esters is 1. The molecule has 146 valence electrons. The van der Waals surface area contributed by atoms with E-state index in [0.29, 0.717) is 39.4 Å². The number of rotatable bonds is 8. The average Bonchev–Trinajstić information content (AvgIpc) is 2.94. The van der Waals surface area contributed by atoms with Crippen LogP contribution < -0.4 is 14.2 Å². The first-order chi connectivity index (χ1) is 12.9. The first-order valence-electron chi connectivity index (χ1n) is 8.07. The lowest BCUT2D eigenvalue weighted by Crippen LogP contribution is -2.29. The molecule has 0 aliphatic carbocycles. The van der Waals surface area contributed by atoms with Gasteiger partial charge in [0.25, 0.3) is 5.91 Å². The Morgan fingerprint density at radius 2 is 1.78 bits per heavy atom. The van der Waals surface area contributed by atoms with Gasteiger partial charge in [0.05, 0.1) is 33.3 Å². The molecule has 1 aromatic carbocycles. The van der Waals surface area contributed by atoms with Crippen LogP contribution in [0.5, 0.6) is 17.2 Å². The summed E-state index contributed by atoms with van der Waals surface area (Å²) < 4.78 is 21.0. The Kier molecular flexibility index (Phi) is 7.49. The van der Waals surface area contributed by atoms with Gasteiger partial charge in [-0.25, -0.2) is 0 Å². The molecule has 1 fully saturated rings. The third-order valence-electron chi connectivity index (χ3n) is 3.85. The number of carbonyl (C=O) groups is 2. The zero-order valence-electron chi connectivity index (χ0n) is 15.6. The van der Waals surface area contributed by atoms with Crippen LogP contribution in [0.1, 0.15) is 18.4 Å². The molecule has 1 amide bonds. The second kappa shape index (κ2) is 9.61. The Labute approximate surface area is 167 Å². The van der Waals surface area contributed by atoms with E-state index in [1.807, 2.05) is 0 Å². The molecule has 1 saturated heterocycles. The van der Waals surface area contributed by atoms with E-state index in [1.54, 1.807) is 18.2 Å². The van der Waals surface area contributed by atoms with Crippen LogP contribution >= 0.6 is 24.0 Å². The minimum atomic E-state index is -0.312. The SMILES string of the molecule is COC(=O)CCCN1C(=O)/C(=C/c2cc(OC)c(OC)c(OC)c2)SC1=S. The summed E-state index contributed by atoms with van der Waals surface area (Å²) in [7, 11) is 5.92. The highest BCUT2D eigenvalue weighted by molar-refractivity contribution is 8.26. The molecule has 0 saturated carbocycles. The second-order valence-corrected chi connectivity index (χ2v) is 7.15. The quantitative estimate of drug-likeness (QED) is 0.367. The summed E-state index contributed by atoms with van der Waals surface area (Å²) in [5, 5.41) is 0. The monoisotopic (exact) mass is 411 g/mol. The largest absolute Gasteiger partial charge is 0.493 e. The molecule has 1 aliphatic heterocycles. The fraction of sp³-hybridized carbons (Fsp3) is 0.389. The minimum Gasteiger partial charge on any atom is -0.493 e. The van der Waals surface area contributed by atoms with Crippen molar-refractivity contribution in [3.05, 3.63) is 22.6 Å². The van der Waals surface area contributed by atoms with E-state index in [2.05, 4.69) is 4.74 Å². The van der Waals surface area contributed by atoms with Crippen molar-refractivity contribution < 1.29 is 28.5 Å². The summed E-state index contributed by atoms with van der Waals surface area (Å²) in [4.78, 5) is 25.8. The molecule has 7 nitrogen and oxygen atoms in total. The van der Waals surface area contributed by atoms with Crippen LogP contribution in [0.4, 0.5) is 0 Å². The Bertz CT molecular complexity index is 752. The average molecular weight is 412 g/mol. The summed E-state index contributed by atoms with van der Waals surface area (Å²) >= 11 is 6.51. The lowest BCUT2D eigenvalue weighted by Gasteiger charge is -2.14. The summed E-state index contributed by atoms with van der Waals surface area (Å²) in [6.07, 6.45) is 2.44. The molecule has 0 radical (unpaired) electrons. The molecule has 0 N–H and O–H groups in total. The van der Waals surface area contributed by atoms with Crippen molar-refractivity contribution in [1.29, 1.82) is 0 Å². The second-order valence-electron chi connectivity index (χ2n) is 5.47. The minimum absolute atomic E-state index is 0.191. The predicted octanol–water partition coefficient (Wildman–Crippen LogP) is 2.87. The Morgan fingerprint density at radius 3 is 2.30 bits per heavy atom. The van der Waals surface area contributed by atoms with Crippen molar-refractivity contribution >= 4 is 46.3 Å². The van der Waals surface area contributed by atoms with Gasteiger partial charge in [0, 0.05) is 13.0 Å². The van der Waals surface area contributed by atoms with Gasteiger partial charge in [-0.15, -0.1) is 0 Å². The first-order valence-corrected chi connectivity index (χ1v) is 9.29. The fourth-order valence-corrected chi connectivity index (χ4v) is 3.82. The van der Waals surface area contributed by atoms with Gasteiger partial charge in [-0.1, -0.05) is 24.0 Å². The van der Waals surface area contributed by atoms with Gasteiger partial charge in [-0.05, 0) is 30.2 Å². The number of benzene rings is 1. The van der Waals surface area contributed by atoms with Crippen LogP contribution in [-0.4, -0.2) is 56.1 Å². The molecule has 0 aromatic heterocycles. The number of carbonyl (C=O) groups excluding carboxylic acids is 2. The lowest BCUT2D eigenvalue weighted by atomic mass is 10.1. The van der Waals surface area contributed by atoms with Gasteiger partial charge in [0.2, 0.25) is 5.75 Å². The predicted molar refractivity (Wildman–Crippen MR) is 107 cm³/mol. The molecule has 0 unspecified atom stereocenters. The highest BCUT2D eigenvalue weighted by Gasteiger charge is 2.31. The maximum absolute atomic E-state index is 12.6. The zero-order chi connectivity index (χ0) is 20.0. The Balaban J connectivity index is 2.21. The number of thiocarbonyl (C=S) groups is 1. The van der Waals surface area contributed by atoms with Gasteiger partial charge in [-0.2, -0.15) is 0 Å². The molecule has 2 rings (SSSR count). The van der Waals surface area contributed by atoms with E-state index >= 15 is 0 Å². The summed E-state index contributed by atoms with van der Waals surface area (Å²) in [6, 6.07) is 3.51. The Morgan fingerprint density at radius 1 is 1.15 bits per heavy atom. The molecule has 9 heteroatoms. The first kappa shape index (κ1) is 21.0. The Hall–Kier alpha value is -2.26. The topological polar surface area (TPSA) is 74.3 Å².